The monoisotopic (exact) mass is 457 g/mol. The van der Waals surface area contributed by atoms with Gasteiger partial charge in [0.15, 0.2) is 15.6 Å². The maximum Gasteiger partial charge on any atom is 0.229 e. The Labute approximate surface area is 188 Å². The van der Waals surface area contributed by atoms with Gasteiger partial charge in [0.2, 0.25) is 5.88 Å². The molecule has 3 aromatic rings. The van der Waals surface area contributed by atoms with E-state index in [2.05, 4.69) is 10.4 Å². The number of carbonyl (C=O) groups is 1. The second-order valence-corrected chi connectivity index (χ2v) is 9.21. The maximum atomic E-state index is 13.5. The molecule has 0 aliphatic heterocycles. The summed E-state index contributed by atoms with van der Waals surface area (Å²) in [7, 11) is -1.94. The van der Waals surface area contributed by atoms with Crippen molar-refractivity contribution in [1.29, 1.82) is 0 Å². The van der Waals surface area contributed by atoms with Gasteiger partial charge in [0.05, 0.1) is 23.4 Å². The molecule has 3 rings (SSSR count). The summed E-state index contributed by atoms with van der Waals surface area (Å²) in [6, 6.07) is 12.1. The normalized spacial score (nSPS) is 11.4. The molecule has 2 aromatic carbocycles. The SMILES string of the molecule is CCn1ncc(C(=O)c2ccc(S(C)(=O)=O)c(NCCOC)c2C)c1Oc1ccccc1. The lowest BCUT2D eigenvalue weighted by Crippen LogP contribution is -2.15. The predicted molar refractivity (Wildman–Crippen MR) is 123 cm³/mol. The van der Waals surface area contributed by atoms with E-state index < -0.39 is 9.84 Å². The van der Waals surface area contributed by atoms with Crippen LogP contribution in [0.5, 0.6) is 11.6 Å². The smallest absolute Gasteiger partial charge is 0.229 e. The first-order valence-electron chi connectivity index (χ1n) is 10.2. The Bertz CT molecular complexity index is 1200. The van der Waals surface area contributed by atoms with Crippen LogP contribution in [0.4, 0.5) is 5.69 Å². The number of para-hydroxylation sites is 1. The molecule has 0 bridgehead atoms. The standard InChI is InChI=1S/C23H27N3O5S/c1-5-26-23(31-17-9-7-6-8-10-17)19(15-25-26)22(27)18-11-12-20(32(4,28)29)21(16(18)2)24-13-14-30-3/h6-12,15,24H,5,13-14H2,1-4H3. The molecule has 0 fully saturated rings. The highest BCUT2D eigenvalue weighted by Crippen LogP contribution is 2.32. The molecule has 1 aromatic heterocycles. The Hall–Kier alpha value is -3.17. The van der Waals surface area contributed by atoms with E-state index in [1.165, 1.54) is 18.3 Å². The third-order valence-corrected chi connectivity index (χ3v) is 6.11. The van der Waals surface area contributed by atoms with Crippen LogP contribution in [-0.4, -0.2) is 50.5 Å². The number of hydrogen-bond donors (Lipinski definition) is 1. The fraction of sp³-hybridized carbons (Fsp3) is 0.304. The van der Waals surface area contributed by atoms with Crippen molar-refractivity contribution in [2.24, 2.45) is 0 Å². The number of aryl methyl sites for hydroxylation is 1. The van der Waals surface area contributed by atoms with Gasteiger partial charge in [-0.3, -0.25) is 4.79 Å². The largest absolute Gasteiger partial charge is 0.439 e. The first-order valence-corrected chi connectivity index (χ1v) is 12.1. The first-order chi connectivity index (χ1) is 15.3. The van der Waals surface area contributed by atoms with E-state index in [1.54, 1.807) is 30.8 Å². The summed E-state index contributed by atoms with van der Waals surface area (Å²) in [6.45, 7) is 4.93. The molecule has 0 saturated heterocycles. The number of ketones is 1. The van der Waals surface area contributed by atoms with E-state index in [0.29, 0.717) is 53.7 Å². The lowest BCUT2D eigenvalue weighted by atomic mass is 9.99. The summed E-state index contributed by atoms with van der Waals surface area (Å²) < 4.78 is 37.3. The predicted octanol–water partition coefficient (Wildman–Crippen LogP) is 3.70. The van der Waals surface area contributed by atoms with E-state index in [0.717, 1.165) is 6.26 Å². The van der Waals surface area contributed by atoms with Crippen LogP contribution in [0, 0.1) is 6.92 Å². The molecule has 0 radical (unpaired) electrons. The zero-order valence-electron chi connectivity index (χ0n) is 18.6. The summed E-state index contributed by atoms with van der Waals surface area (Å²) in [5, 5.41) is 7.39. The van der Waals surface area contributed by atoms with Crippen molar-refractivity contribution >= 4 is 21.3 Å². The van der Waals surface area contributed by atoms with Gasteiger partial charge >= 0.3 is 0 Å². The Morgan fingerprint density at radius 2 is 1.84 bits per heavy atom. The second kappa shape index (κ2) is 9.97. The van der Waals surface area contributed by atoms with Gasteiger partial charge in [-0.1, -0.05) is 18.2 Å². The molecule has 8 nitrogen and oxygen atoms in total. The van der Waals surface area contributed by atoms with Crippen molar-refractivity contribution < 1.29 is 22.7 Å². The van der Waals surface area contributed by atoms with Gasteiger partial charge in [-0.05, 0) is 43.7 Å². The number of sulfone groups is 1. The highest BCUT2D eigenvalue weighted by molar-refractivity contribution is 7.90. The van der Waals surface area contributed by atoms with Gasteiger partial charge < -0.3 is 14.8 Å². The maximum absolute atomic E-state index is 13.5. The molecule has 0 atom stereocenters. The van der Waals surface area contributed by atoms with Crippen LogP contribution in [0.3, 0.4) is 0 Å². The number of ether oxygens (including phenoxy) is 2. The molecule has 0 aliphatic rings. The van der Waals surface area contributed by atoms with Crippen LogP contribution in [0.2, 0.25) is 0 Å². The van der Waals surface area contributed by atoms with Gasteiger partial charge in [-0.15, -0.1) is 0 Å². The van der Waals surface area contributed by atoms with Gasteiger partial charge in [-0.25, -0.2) is 13.1 Å². The van der Waals surface area contributed by atoms with Crippen molar-refractivity contribution in [3.05, 3.63) is 65.4 Å². The molecule has 170 valence electrons. The summed E-state index contributed by atoms with van der Waals surface area (Å²) in [4.78, 5) is 13.6. The number of rotatable bonds is 10. The molecular formula is C23H27N3O5S. The summed E-state index contributed by atoms with van der Waals surface area (Å²) in [5.41, 5.74) is 1.59. The van der Waals surface area contributed by atoms with E-state index >= 15 is 0 Å². The van der Waals surface area contributed by atoms with E-state index in [4.69, 9.17) is 9.47 Å². The Morgan fingerprint density at radius 3 is 2.47 bits per heavy atom. The van der Waals surface area contributed by atoms with Gasteiger partial charge in [0.1, 0.15) is 11.3 Å². The van der Waals surface area contributed by atoms with Crippen LogP contribution in [0.15, 0.2) is 53.6 Å². The van der Waals surface area contributed by atoms with Crippen LogP contribution in [-0.2, 0) is 21.1 Å². The average molecular weight is 458 g/mol. The highest BCUT2D eigenvalue weighted by Gasteiger charge is 2.25. The zero-order valence-corrected chi connectivity index (χ0v) is 19.4. The molecule has 0 saturated carbocycles. The van der Waals surface area contributed by atoms with Gasteiger partial charge in [0.25, 0.3) is 0 Å². The lowest BCUT2D eigenvalue weighted by Gasteiger charge is -2.17. The molecule has 0 aliphatic carbocycles. The molecule has 1 heterocycles. The van der Waals surface area contributed by atoms with E-state index in [9.17, 15) is 13.2 Å². The number of hydrogen-bond acceptors (Lipinski definition) is 7. The Morgan fingerprint density at radius 1 is 1.12 bits per heavy atom. The average Bonchev–Trinajstić information content (AvgIpc) is 3.16. The lowest BCUT2D eigenvalue weighted by molar-refractivity contribution is 0.103. The molecule has 9 heteroatoms. The highest BCUT2D eigenvalue weighted by atomic mass is 32.2. The number of nitrogens with zero attached hydrogens (tertiary/aromatic N) is 2. The molecular weight excluding hydrogens is 430 g/mol. The van der Waals surface area contributed by atoms with Crippen molar-refractivity contribution in [3.8, 4) is 11.6 Å². The third kappa shape index (κ3) is 5.00. The van der Waals surface area contributed by atoms with Crippen LogP contribution < -0.4 is 10.1 Å². The number of aromatic nitrogens is 2. The van der Waals surface area contributed by atoms with Crippen molar-refractivity contribution in [2.75, 3.05) is 31.8 Å². The molecule has 0 amide bonds. The molecule has 1 N–H and O–H groups in total. The van der Waals surface area contributed by atoms with Gasteiger partial charge in [-0.2, -0.15) is 5.10 Å². The van der Waals surface area contributed by atoms with Crippen molar-refractivity contribution in [2.45, 2.75) is 25.3 Å². The Kier molecular flexibility index (Phi) is 7.32. The van der Waals surface area contributed by atoms with Crippen LogP contribution in [0.25, 0.3) is 0 Å². The third-order valence-electron chi connectivity index (χ3n) is 4.97. The topological polar surface area (TPSA) is 99.5 Å². The minimum atomic E-state index is -3.50. The zero-order chi connectivity index (χ0) is 23.3. The fourth-order valence-electron chi connectivity index (χ4n) is 3.35. The second-order valence-electron chi connectivity index (χ2n) is 7.23. The molecule has 0 unspecified atom stereocenters. The minimum absolute atomic E-state index is 0.132. The fourth-order valence-corrected chi connectivity index (χ4v) is 4.26. The van der Waals surface area contributed by atoms with Crippen LogP contribution in [0.1, 0.15) is 28.4 Å². The number of benzene rings is 2. The molecule has 32 heavy (non-hydrogen) atoms. The number of methoxy groups -OCH3 is 1. The number of carbonyl (C=O) groups excluding carboxylic acids is 1. The minimum Gasteiger partial charge on any atom is -0.439 e. The van der Waals surface area contributed by atoms with Crippen molar-refractivity contribution in [1.82, 2.24) is 9.78 Å². The van der Waals surface area contributed by atoms with Crippen LogP contribution >= 0.6 is 0 Å². The summed E-state index contributed by atoms with van der Waals surface area (Å²) >= 11 is 0. The number of nitrogens with one attached hydrogen (secondary N) is 1. The first kappa shape index (κ1) is 23.5. The van der Waals surface area contributed by atoms with Gasteiger partial charge in [0, 0.05) is 32.0 Å². The summed E-state index contributed by atoms with van der Waals surface area (Å²) in [6.07, 6.45) is 2.62. The summed E-state index contributed by atoms with van der Waals surface area (Å²) in [5.74, 6) is 0.620. The van der Waals surface area contributed by atoms with E-state index in [-0.39, 0.29) is 10.7 Å². The van der Waals surface area contributed by atoms with E-state index in [1.807, 2.05) is 25.1 Å². The number of anilines is 1. The van der Waals surface area contributed by atoms with Crippen molar-refractivity contribution in [3.63, 3.8) is 0 Å². The molecule has 0 spiro atoms. The quantitative estimate of drug-likeness (QED) is 0.366. The Balaban J connectivity index is 2.06.